The van der Waals surface area contributed by atoms with Gasteiger partial charge < -0.3 is 9.80 Å². The number of amides is 1. The van der Waals surface area contributed by atoms with E-state index in [9.17, 15) is 4.79 Å². The minimum atomic E-state index is 0.312. The molecule has 2 saturated heterocycles. The van der Waals surface area contributed by atoms with Gasteiger partial charge in [0.1, 0.15) is 0 Å². The van der Waals surface area contributed by atoms with E-state index in [1.165, 1.54) is 24.0 Å². The van der Waals surface area contributed by atoms with Crippen molar-refractivity contribution in [3.05, 3.63) is 35.4 Å². The van der Waals surface area contributed by atoms with Crippen LogP contribution in [-0.2, 0) is 17.8 Å². The van der Waals surface area contributed by atoms with Crippen molar-refractivity contribution in [2.24, 2.45) is 11.3 Å². The van der Waals surface area contributed by atoms with E-state index in [1.54, 1.807) is 0 Å². The van der Waals surface area contributed by atoms with Gasteiger partial charge in [0.05, 0.1) is 0 Å². The van der Waals surface area contributed by atoms with Crippen molar-refractivity contribution in [3.63, 3.8) is 0 Å². The molecular weight excluding hydrogens is 334 g/mol. The molecular formula is C23H35N3O. The predicted molar refractivity (Wildman–Crippen MR) is 110 cm³/mol. The van der Waals surface area contributed by atoms with Crippen LogP contribution in [0.5, 0.6) is 0 Å². The predicted octanol–water partition coefficient (Wildman–Crippen LogP) is 3.02. The molecule has 0 unspecified atom stereocenters. The Labute approximate surface area is 164 Å². The zero-order valence-corrected chi connectivity index (χ0v) is 17.1. The lowest BCUT2D eigenvalue weighted by atomic mass is 9.90. The molecule has 1 spiro atoms. The first-order chi connectivity index (χ1) is 13.1. The third-order valence-electron chi connectivity index (χ3n) is 7.21. The van der Waals surface area contributed by atoms with Crippen LogP contribution in [0.15, 0.2) is 24.3 Å². The number of carbonyl (C=O) groups excluding carboxylic acids is 1. The standard InChI is InChI=1S/C23H35N3O/c1-3-19-5-7-20(8-6-19)18-25-13-9-23(10-14-25)17-21(23)22(27)26-12-4-11-24(2)15-16-26/h5-8,21H,3-4,9-18H2,1-2H3/t21-/m1/s1. The van der Waals surface area contributed by atoms with Crippen molar-refractivity contribution in [1.29, 1.82) is 0 Å². The monoisotopic (exact) mass is 369 g/mol. The Balaban J connectivity index is 1.27. The maximum absolute atomic E-state index is 13.0. The van der Waals surface area contributed by atoms with E-state index in [-0.39, 0.29) is 0 Å². The molecule has 1 amide bonds. The second kappa shape index (κ2) is 7.92. The molecule has 1 aliphatic carbocycles. The summed E-state index contributed by atoms with van der Waals surface area (Å²) in [5.41, 5.74) is 3.16. The molecule has 2 heterocycles. The summed E-state index contributed by atoms with van der Waals surface area (Å²) in [6, 6.07) is 9.08. The Morgan fingerprint density at radius 2 is 1.70 bits per heavy atom. The molecule has 1 aromatic carbocycles. The molecule has 2 aliphatic heterocycles. The van der Waals surface area contributed by atoms with Crippen LogP contribution < -0.4 is 0 Å². The van der Waals surface area contributed by atoms with Gasteiger partial charge in [-0.3, -0.25) is 9.69 Å². The fourth-order valence-electron chi connectivity index (χ4n) is 5.03. The smallest absolute Gasteiger partial charge is 0.226 e. The third-order valence-corrected chi connectivity index (χ3v) is 7.21. The number of likely N-dealkylation sites (tertiary alicyclic amines) is 1. The van der Waals surface area contributed by atoms with Crippen molar-refractivity contribution in [2.45, 2.75) is 45.6 Å². The summed E-state index contributed by atoms with van der Waals surface area (Å²) in [6.07, 6.45) is 5.76. The van der Waals surface area contributed by atoms with Gasteiger partial charge in [-0.15, -0.1) is 0 Å². The van der Waals surface area contributed by atoms with E-state index in [0.29, 0.717) is 17.2 Å². The van der Waals surface area contributed by atoms with Crippen molar-refractivity contribution in [1.82, 2.24) is 14.7 Å². The van der Waals surface area contributed by atoms with Gasteiger partial charge in [0.25, 0.3) is 0 Å². The molecule has 1 aromatic rings. The lowest BCUT2D eigenvalue weighted by Crippen LogP contribution is -2.39. The first-order valence-corrected chi connectivity index (χ1v) is 10.9. The highest BCUT2D eigenvalue weighted by Crippen LogP contribution is 2.60. The van der Waals surface area contributed by atoms with Crippen LogP contribution in [-0.4, -0.2) is 66.9 Å². The Morgan fingerprint density at radius 3 is 2.41 bits per heavy atom. The average molecular weight is 370 g/mol. The number of benzene rings is 1. The molecule has 3 aliphatic rings. The zero-order chi connectivity index (χ0) is 18.9. The lowest BCUT2D eigenvalue weighted by Gasteiger charge is -2.33. The first kappa shape index (κ1) is 18.9. The number of rotatable bonds is 4. The summed E-state index contributed by atoms with van der Waals surface area (Å²) in [6.45, 7) is 9.55. The normalized spacial score (nSPS) is 26.1. The number of hydrogen-bond donors (Lipinski definition) is 0. The summed E-state index contributed by atoms with van der Waals surface area (Å²) in [5.74, 6) is 0.765. The molecule has 4 heteroatoms. The highest BCUT2D eigenvalue weighted by atomic mass is 16.2. The number of aryl methyl sites for hydroxylation is 1. The highest BCUT2D eigenvalue weighted by molar-refractivity contribution is 5.82. The van der Waals surface area contributed by atoms with Gasteiger partial charge in [-0.25, -0.2) is 0 Å². The number of hydrogen-bond acceptors (Lipinski definition) is 3. The van der Waals surface area contributed by atoms with E-state index in [2.05, 4.69) is 52.9 Å². The van der Waals surface area contributed by atoms with Crippen molar-refractivity contribution >= 4 is 5.91 Å². The minimum Gasteiger partial charge on any atom is -0.341 e. The van der Waals surface area contributed by atoms with E-state index in [4.69, 9.17) is 0 Å². The molecule has 1 atom stereocenters. The molecule has 27 heavy (non-hydrogen) atoms. The summed E-state index contributed by atoms with van der Waals surface area (Å²) in [5, 5.41) is 0. The molecule has 148 valence electrons. The Bertz CT molecular complexity index is 648. The quantitative estimate of drug-likeness (QED) is 0.816. The number of likely N-dealkylation sites (N-methyl/N-ethyl adjacent to an activating group) is 1. The summed E-state index contributed by atoms with van der Waals surface area (Å²) < 4.78 is 0. The largest absolute Gasteiger partial charge is 0.341 e. The molecule has 4 rings (SSSR count). The summed E-state index contributed by atoms with van der Waals surface area (Å²) >= 11 is 0. The molecule has 0 bridgehead atoms. The van der Waals surface area contributed by atoms with Crippen LogP contribution in [0, 0.1) is 11.3 Å². The summed E-state index contributed by atoms with van der Waals surface area (Å²) in [7, 11) is 2.16. The third kappa shape index (κ3) is 4.22. The Hall–Kier alpha value is -1.39. The van der Waals surface area contributed by atoms with Crippen molar-refractivity contribution in [2.75, 3.05) is 46.3 Å². The van der Waals surface area contributed by atoms with Gasteiger partial charge in [0.2, 0.25) is 5.91 Å². The van der Waals surface area contributed by atoms with Gasteiger partial charge in [-0.1, -0.05) is 31.2 Å². The molecule has 0 radical (unpaired) electrons. The molecule has 4 nitrogen and oxygen atoms in total. The molecule has 1 saturated carbocycles. The van der Waals surface area contributed by atoms with Crippen LogP contribution in [0.25, 0.3) is 0 Å². The number of nitrogens with zero attached hydrogens (tertiary/aromatic N) is 3. The van der Waals surface area contributed by atoms with Crippen LogP contribution in [0.3, 0.4) is 0 Å². The van der Waals surface area contributed by atoms with E-state index in [0.717, 1.165) is 65.1 Å². The van der Waals surface area contributed by atoms with E-state index >= 15 is 0 Å². The number of piperidine rings is 1. The molecule has 0 aromatic heterocycles. The first-order valence-electron chi connectivity index (χ1n) is 10.9. The zero-order valence-electron chi connectivity index (χ0n) is 17.1. The van der Waals surface area contributed by atoms with Crippen LogP contribution in [0.4, 0.5) is 0 Å². The topological polar surface area (TPSA) is 26.8 Å². The second-order valence-corrected chi connectivity index (χ2v) is 9.05. The van der Waals surface area contributed by atoms with Crippen molar-refractivity contribution < 1.29 is 4.79 Å². The maximum Gasteiger partial charge on any atom is 0.226 e. The van der Waals surface area contributed by atoms with Gasteiger partial charge in [-0.2, -0.15) is 0 Å². The van der Waals surface area contributed by atoms with Gasteiger partial charge in [0, 0.05) is 32.1 Å². The SMILES string of the molecule is CCc1ccc(CN2CCC3(CC2)C[C@@H]3C(=O)N2CCCN(C)CC2)cc1. The van der Waals surface area contributed by atoms with Crippen molar-refractivity contribution in [3.8, 4) is 0 Å². The lowest BCUT2D eigenvalue weighted by molar-refractivity contribution is -0.133. The van der Waals surface area contributed by atoms with Gasteiger partial charge >= 0.3 is 0 Å². The fourth-order valence-corrected chi connectivity index (χ4v) is 5.03. The van der Waals surface area contributed by atoms with Crippen LogP contribution in [0.2, 0.25) is 0 Å². The molecule has 3 fully saturated rings. The maximum atomic E-state index is 13.0. The van der Waals surface area contributed by atoms with Crippen LogP contribution in [0.1, 0.15) is 43.7 Å². The Morgan fingerprint density at radius 1 is 1.00 bits per heavy atom. The number of carbonyl (C=O) groups is 1. The average Bonchev–Trinajstić information content (AvgIpc) is 3.44. The van der Waals surface area contributed by atoms with Gasteiger partial charge in [-0.05, 0) is 75.3 Å². The second-order valence-electron chi connectivity index (χ2n) is 9.05. The highest BCUT2D eigenvalue weighted by Gasteiger charge is 2.59. The van der Waals surface area contributed by atoms with Crippen LogP contribution >= 0.6 is 0 Å². The van der Waals surface area contributed by atoms with Gasteiger partial charge in [0.15, 0.2) is 0 Å². The minimum absolute atomic E-state index is 0.312. The molecule has 0 N–H and O–H groups in total. The van der Waals surface area contributed by atoms with E-state index in [1.807, 2.05) is 0 Å². The summed E-state index contributed by atoms with van der Waals surface area (Å²) in [4.78, 5) is 20.1. The Kier molecular flexibility index (Phi) is 5.56. The van der Waals surface area contributed by atoms with E-state index < -0.39 is 0 Å². The fraction of sp³-hybridized carbons (Fsp3) is 0.696.